The van der Waals surface area contributed by atoms with E-state index < -0.39 is 15.9 Å². The van der Waals surface area contributed by atoms with Gasteiger partial charge in [0.25, 0.3) is 15.9 Å². The number of fused-ring (bicyclic) bond motifs is 1. The molecule has 9 heteroatoms. The number of nitrogens with zero attached hydrogens (tertiary/aromatic N) is 1. The van der Waals surface area contributed by atoms with Crippen molar-refractivity contribution < 1.29 is 18.0 Å². The van der Waals surface area contributed by atoms with Crippen molar-refractivity contribution in [1.82, 2.24) is 0 Å². The number of benzene rings is 3. The molecule has 3 aromatic rings. The van der Waals surface area contributed by atoms with Crippen molar-refractivity contribution in [3.05, 3.63) is 83.4 Å². The molecule has 152 valence electrons. The van der Waals surface area contributed by atoms with Crippen molar-refractivity contribution in [2.45, 2.75) is 4.90 Å². The predicted octanol–water partition coefficient (Wildman–Crippen LogP) is 3.74. The zero-order valence-corrected chi connectivity index (χ0v) is 17.1. The van der Waals surface area contributed by atoms with E-state index in [-0.39, 0.29) is 33.6 Å². The minimum absolute atomic E-state index is 0.0649. The van der Waals surface area contributed by atoms with Gasteiger partial charge in [0.2, 0.25) is 5.91 Å². The quantitative estimate of drug-likeness (QED) is 0.644. The van der Waals surface area contributed by atoms with Crippen LogP contribution in [0.4, 0.5) is 17.1 Å². The summed E-state index contributed by atoms with van der Waals surface area (Å²) < 4.78 is 27.4. The van der Waals surface area contributed by atoms with Crippen LogP contribution < -0.4 is 14.9 Å². The lowest BCUT2D eigenvalue weighted by Crippen LogP contribution is -2.42. The molecule has 7 nitrogen and oxygen atoms in total. The van der Waals surface area contributed by atoms with Crippen molar-refractivity contribution in [1.29, 1.82) is 0 Å². The Labute approximate surface area is 178 Å². The number of carbonyl (C=O) groups excluding carboxylic acids is 2. The molecule has 0 spiro atoms. The van der Waals surface area contributed by atoms with E-state index in [1.54, 1.807) is 42.5 Å². The highest BCUT2D eigenvalue weighted by Crippen LogP contribution is 2.32. The van der Waals surface area contributed by atoms with Gasteiger partial charge in [0.05, 0.1) is 27.0 Å². The normalized spacial score (nSPS) is 13.4. The molecular formula is C21H16ClN3O4S. The summed E-state index contributed by atoms with van der Waals surface area (Å²) in [5, 5.41) is 2.79. The first-order valence-corrected chi connectivity index (χ1v) is 10.8. The van der Waals surface area contributed by atoms with E-state index in [2.05, 4.69) is 10.0 Å². The first-order valence-electron chi connectivity index (χ1n) is 8.93. The van der Waals surface area contributed by atoms with Gasteiger partial charge < -0.3 is 5.32 Å². The van der Waals surface area contributed by atoms with Crippen molar-refractivity contribution in [2.24, 2.45) is 0 Å². The lowest BCUT2D eigenvalue weighted by molar-refractivity contribution is -0.115. The molecule has 2 amide bonds. The van der Waals surface area contributed by atoms with Crippen LogP contribution in [0.25, 0.3) is 0 Å². The van der Waals surface area contributed by atoms with Gasteiger partial charge in [0, 0.05) is 5.56 Å². The number of para-hydroxylation sites is 2. The summed E-state index contributed by atoms with van der Waals surface area (Å²) in [4.78, 5) is 26.5. The Bertz CT molecular complexity index is 1250. The van der Waals surface area contributed by atoms with Gasteiger partial charge in [-0.2, -0.15) is 0 Å². The van der Waals surface area contributed by atoms with Gasteiger partial charge in [-0.15, -0.1) is 0 Å². The first-order chi connectivity index (χ1) is 14.3. The van der Waals surface area contributed by atoms with Crippen LogP contribution in [0.1, 0.15) is 10.4 Å². The summed E-state index contributed by atoms with van der Waals surface area (Å²) in [6.07, 6.45) is 0. The molecule has 2 N–H and O–H groups in total. The van der Waals surface area contributed by atoms with Gasteiger partial charge in [0.1, 0.15) is 6.54 Å². The first kappa shape index (κ1) is 19.9. The summed E-state index contributed by atoms with van der Waals surface area (Å²) in [5.41, 5.74) is 1.49. The highest BCUT2D eigenvalue weighted by Gasteiger charge is 2.28. The molecule has 3 aromatic carbocycles. The van der Waals surface area contributed by atoms with Crippen LogP contribution >= 0.6 is 11.6 Å². The van der Waals surface area contributed by atoms with E-state index in [9.17, 15) is 18.0 Å². The third-order valence-electron chi connectivity index (χ3n) is 4.53. The smallest absolute Gasteiger partial charge is 0.261 e. The van der Waals surface area contributed by atoms with Gasteiger partial charge in [-0.05, 0) is 42.5 Å². The fourth-order valence-corrected chi connectivity index (χ4v) is 4.49. The van der Waals surface area contributed by atoms with E-state index in [4.69, 9.17) is 11.6 Å². The summed E-state index contributed by atoms with van der Waals surface area (Å²) in [6, 6.07) is 19.1. The second kappa shape index (κ2) is 7.81. The Morgan fingerprint density at radius 3 is 2.43 bits per heavy atom. The number of amides is 2. The number of nitrogens with one attached hydrogen (secondary N) is 2. The average molecular weight is 442 g/mol. The van der Waals surface area contributed by atoms with E-state index in [0.717, 1.165) is 0 Å². The second-order valence-electron chi connectivity index (χ2n) is 6.57. The van der Waals surface area contributed by atoms with Crippen molar-refractivity contribution in [2.75, 3.05) is 21.5 Å². The van der Waals surface area contributed by atoms with Crippen LogP contribution in [0.3, 0.4) is 0 Å². The number of hydrogen-bond acceptors (Lipinski definition) is 4. The molecule has 1 heterocycles. The van der Waals surface area contributed by atoms with Gasteiger partial charge in [-0.25, -0.2) is 8.42 Å². The maximum atomic E-state index is 13.0. The SMILES string of the molecule is O=C1CN(C(=O)c2ccc(NS(=O)(=O)c3ccccc3)c(Cl)c2)c2ccccc2N1. The number of anilines is 3. The zero-order chi connectivity index (χ0) is 21.3. The lowest BCUT2D eigenvalue weighted by Gasteiger charge is -2.29. The molecule has 0 saturated carbocycles. The van der Waals surface area contributed by atoms with Gasteiger partial charge in [-0.3, -0.25) is 19.2 Å². The van der Waals surface area contributed by atoms with E-state index in [1.165, 1.54) is 35.2 Å². The van der Waals surface area contributed by atoms with Crippen molar-refractivity contribution in [3.63, 3.8) is 0 Å². The third-order valence-corrected chi connectivity index (χ3v) is 6.22. The number of rotatable bonds is 4. The molecule has 0 radical (unpaired) electrons. The highest BCUT2D eigenvalue weighted by molar-refractivity contribution is 7.92. The largest absolute Gasteiger partial charge is 0.323 e. The van der Waals surface area contributed by atoms with Crippen LogP contribution in [-0.4, -0.2) is 26.8 Å². The summed E-state index contributed by atoms with van der Waals surface area (Å²) in [6.45, 7) is -0.129. The maximum Gasteiger partial charge on any atom is 0.261 e. The van der Waals surface area contributed by atoms with Crippen molar-refractivity contribution >= 4 is 50.5 Å². The fourth-order valence-electron chi connectivity index (χ4n) is 3.10. The molecule has 0 fully saturated rings. The molecule has 0 atom stereocenters. The number of carbonyl (C=O) groups is 2. The van der Waals surface area contributed by atoms with Crippen molar-refractivity contribution in [3.8, 4) is 0 Å². The number of sulfonamides is 1. The molecule has 0 bridgehead atoms. The molecule has 1 aliphatic rings. The van der Waals surface area contributed by atoms with Crippen LogP contribution in [0, 0.1) is 0 Å². The minimum Gasteiger partial charge on any atom is -0.323 e. The van der Waals surface area contributed by atoms with Crippen LogP contribution in [-0.2, 0) is 14.8 Å². The van der Waals surface area contributed by atoms with Gasteiger partial charge >= 0.3 is 0 Å². The van der Waals surface area contributed by atoms with E-state index >= 15 is 0 Å². The Balaban J connectivity index is 1.61. The number of hydrogen-bond donors (Lipinski definition) is 2. The van der Waals surface area contributed by atoms with Crippen LogP contribution in [0.2, 0.25) is 5.02 Å². The summed E-state index contributed by atoms with van der Waals surface area (Å²) in [5.74, 6) is -0.725. The van der Waals surface area contributed by atoms with Crippen LogP contribution in [0.5, 0.6) is 0 Å². The van der Waals surface area contributed by atoms with Gasteiger partial charge in [0.15, 0.2) is 0 Å². The standard InChI is InChI=1S/C21H16ClN3O4S/c22-16-12-14(10-11-17(16)24-30(28,29)15-6-2-1-3-7-15)21(27)25-13-20(26)23-18-8-4-5-9-19(18)25/h1-12,24H,13H2,(H,23,26). The Morgan fingerprint density at radius 2 is 1.70 bits per heavy atom. The molecule has 0 aromatic heterocycles. The maximum absolute atomic E-state index is 13.0. The zero-order valence-electron chi connectivity index (χ0n) is 15.5. The predicted molar refractivity (Wildman–Crippen MR) is 115 cm³/mol. The van der Waals surface area contributed by atoms with E-state index in [1.807, 2.05) is 0 Å². The lowest BCUT2D eigenvalue weighted by atomic mass is 10.1. The number of halogens is 1. The average Bonchev–Trinajstić information content (AvgIpc) is 2.74. The minimum atomic E-state index is -3.82. The summed E-state index contributed by atoms with van der Waals surface area (Å²) >= 11 is 6.26. The molecule has 1 aliphatic heterocycles. The second-order valence-corrected chi connectivity index (χ2v) is 8.66. The molecule has 30 heavy (non-hydrogen) atoms. The Kier molecular flexibility index (Phi) is 5.19. The topological polar surface area (TPSA) is 95.6 Å². The van der Waals surface area contributed by atoms with Gasteiger partial charge in [-0.1, -0.05) is 41.9 Å². The van der Waals surface area contributed by atoms with Crippen LogP contribution in [0.15, 0.2) is 77.7 Å². The molecule has 4 rings (SSSR count). The highest BCUT2D eigenvalue weighted by atomic mass is 35.5. The fraction of sp³-hybridized carbons (Fsp3) is 0.0476. The molecule has 0 aliphatic carbocycles. The molecule has 0 saturated heterocycles. The Morgan fingerprint density at radius 1 is 1.00 bits per heavy atom. The summed E-state index contributed by atoms with van der Waals surface area (Å²) in [7, 11) is -3.82. The molecular weight excluding hydrogens is 426 g/mol. The monoisotopic (exact) mass is 441 g/mol. The third kappa shape index (κ3) is 3.87. The Hall–Kier alpha value is -3.36. The molecule has 0 unspecified atom stereocenters. The van der Waals surface area contributed by atoms with E-state index in [0.29, 0.717) is 11.4 Å².